The van der Waals surface area contributed by atoms with Gasteiger partial charge in [-0.05, 0) is 12.1 Å². The molecule has 45 valence electrons. The highest BCUT2D eigenvalue weighted by Gasteiger charge is 1.98. The van der Waals surface area contributed by atoms with Gasteiger partial charge in [0.2, 0.25) is 0 Å². The first-order valence-corrected chi connectivity index (χ1v) is 2.36. The third kappa shape index (κ3) is 1.25. The zero-order valence-electron chi connectivity index (χ0n) is 4.53. The van der Waals surface area contributed by atoms with Crippen molar-refractivity contribution in [1.82, 2.24) is 4.98 Å². The Bertz CT molecular complexity index is 208. The Hall–Kier alpha value is -1.38. The van der Waals surface area contributed by atoms with Gasteiger partial charge in [0, 0.05) is 6.20 Å². The average molecular weight is 122 g/mol. The van der Waals surface area contributed by atoms with Crippen LogP contribution >= 0.6 is 0 Å². The van der Waals surface area contributed by atoms with Crippen molar-refractivity contribution in [2.45, 2.75) is 0 Å². The van der Waals surface area contributed by atoms with E-state index in [9.17, 15) is 4.79 Å². The number of carboxylic acids is 1. The number of aromatic nitrogens is 1. The summed E-state index contributed by atoms with van der Waals surface area (Å²) in [4.78, 5) is 13.6. The number of hydrogen-bond acceptors (Lipinski definition) is 2. The topological polar surface area (TPSA) is 50.2 Å². The molecular weight excluding hydrogens is 118 g/mol. The van der Waals surface area contributed by atoms with Crippen LogP contribution in [0.25, 0.3) is 0 Å². The second kappa shape index (κ2) is 2.26. The summed E-state index contributed by atoms with van der Waals surface area (Å²) >= 11 is 0. The van der Waals surface area contributed by atoms with Crippen LogP contribution in [0, 0.1) is 6.20 Å². The second-order valence-electron chi connectivity index (χ2n) is 1.47. The molecule has 0 aliphatic carbocycles. The van der Waals surface area contributed by atoms with E-state index in [1.807, 2.05) is 0 Å². The fourth-order valence-electron chi connectivity index (χ4n) is 0.445. The molecule has 0 spiro atoms. The molecule has 0 bridgehead atoms. The number of carboxylic acid groups (broad SMARTS) is 1. The minimum Gasteiger partial charge on any atom is -0.478 e. The van der Waals surface area contributed by atoms with Crippen molar-refractivity contribution in [3.63, 3.8) is 0 Å². The smallest absolute Gasteiger partial charge is 0.337 e. The van der Waals surface area contributed by atoms with Crippen LogP contribution in [0.5, 0.6) is 0 Å². The van der Waals surface area contributed by atoms with Crippen molar-refractivity contribution in [3.05, 3.63) is 30.1 Å². The highest BCUT2D eigenvalue weighted by Crippen LogP contribution is 1.91. The molecule has 0 aliphatic heterocycles. The zero-order chi connectivity index (χ0) is 6.69. The maximum absolute atomic E-state index is 10.1. The lowest BCUT2D eigenvalue weighted by Gasteiger charge is -1.86. The van der Waals surface area contributed by atoms with E-state index in [1.54, 1.807) is 6.07 Å². The fraction of sp³-hybridized carbons (Fsp3) is 0. The summed E-state index contributed by atoms with van der Waals surface area (Å²) in [5.41, 5.74) is 0.0949. The minimum absolute atomic E-state index is 0.0949. The van der Waals surface area contributed by atoms with Crippen LogP contribution in [0.4, 0.5) is 0 Å². The van der Waals surface area contributed by atoms with E-state index >= 15 is 0 Å². The lowest BCUT2D eigenvalue weighted by atomic mass is 10.3. The Balaban J connectivity index is 2.98. The first-order valence-electron chi connectivity index (χ1n) is 2.36. The van der Waals surface area contributed by atoms with Gasteiger partial charge in [-0.15, -0.1) is 0 Å². The van der Waals surface area contributed by atoms with Gasteiger partial charge in [-0.2, -0.15) is 0 Å². The van der Waals surface area contributed by atoms with E-state index < -0.39 is 5.97 Å². The first kappa shape index (κ1) is 5.75. The predicted molar refractivity (Wildman–Crippen MR) is 30.0 cm³/mol. The Morgan fingerprint density at radius 3 is 2.89 bits per heavy atom. The molecule has 0 saturated heterocycles. The summed E-state index contributed by atoms with van der Waals surface area (Å²) in [5.74, 6) is -0.997. The molecular formula is C6H4NO2. The van der Waals surface area contributed by atoms with Gasteiger partial charge in [-0.3, -0.25) is 4.98 Å². The van der Waals surface area contributed by atoms with Crippen LogP contribution in [0.15, 0.2) is 18.3 Å². The molecule has 9 heavy (non-hydrogen) atoms. The summed E-state index contributed by atoms with van der Waals surface area (Å²) < 4.78 is 0. The summed E-state index contributed by atoms with van der Waals surface area (Å²) in [6.07, 6.45) is 3.80. The highest BCUT2D eigenvalue weighted by atomic mass is 16.4. The molecule has 3 heteroatoms. The lowest BCUT2D eigenvalue weighted by Crippen LogP contribution is -1.95. The number of carbonyl (C=O) groups is 1. The minimum atomic E-state index is -0.997. The molecule has 0 fully saturated rings. The molecule has 1 heterocycles. The third-order valence-corrected chi connectivity index (χ3v) is 0.839. The summed E-state index contributed by atoms with van der Waals surface area (Å²) in [6, 6.07) is 3.00. The van der Waals surface area contributed by atoms with Crippen LogP contribution in [-0.4, -0.2) is 16.1 Å². The molecule has 0 aliphatic rings. The Morgan fingerprint density at radius 1 is 1.78 bits per heavy atom. The van der Waals surface area contributed by atoms with Gasteiger partial charge in [0.15, 0.2) is 0 Å². The Kier molecular flexibility index (Phi) is 1.44. The van der Waals surface area contributed by atoms with E-state index in [4.69, 9.17) is 5.11 Å². The molecule has 0 aromatic carbocycles. The normalized spacial score (nSPS) is 8.89. The molecule has 1 N–H and O–H groups in total. The van der Waals surface area contributed by atoms with Gasteiger partial charge in [0.05, 0.1) is 5.56 Å². The van der Waals surface area contributed by atoms with Crippen molar-refractivity contribution in [3.8, 4) is 0 Å². The molecule has 1 rings (SSSR count). The zero-order valence-corrected chi connectivity index (χ0v) is 4.53. The van der Waals surface area contributed by atoms with E-state index in [0.29, 0.717) is 0 Å². The summed E-state index contributed by atoms with van der Waals surface area (Å²) in [6.45, 7) is 0. The van der Waals surface area contributed by atoms with Gasteiger partial charge in [-0.25, -0.2) is 4.79 Å². The van der Waals surface area contributed by atoms with Crippen LogP contribution in [0.1, 0.15) is 10.4 Å². The van der Waals surface area contributed by atoms with E-state index in [0.717, 1.165) is 0 Å². The van der Waals surface area contributed by atoms with Gasteiger partial charge in [0.1, 0.15) is 6.20 Å². The van der Waals surface area contributed by atoms with Crippen molar-refractivity contribution >= 4 is 5.97 Å². The quantitative estimate of drug-likeness (QED) is 0.592. The van der Waals surface area contributed by atoms with Gasteiger partial charge >= 0.3 is 5.97 Å². The maximum atomic E-state index is 10.1. The third-order valence-electron chi connectivity index (χ3n) is 0.839. The standard InChI is InChI=1S/C6H4NO2/c8-6(9)5-2-1-3-7-4-5/h1-3H,(H,8,9). The van der Waals surface area contributed by atoms with Crippen molar-refractivity contribution in [1.29, 1.82) is 0 Å². The lowest BCUT2D eigenvalue weighted by molar-refractivity contribution is 0.0696. The monoisotopic (exact) mass is 122 g/mol. The molecule has 3 nitrogen and oxygen atoms in total. The highest BCUT2D eigenvalue weighted by molar-refractivity contribution is 5.86. The molecule has 1 aromatic rings. The van der Waals surface area contributed by atoms with Crippen molar-refractivity contribution in [2.24, 2.45) is 0 Å². The van der Waals surface area contributed by atoms with Gasteiger partial charge in [0.25, 0.3) is 0 Å². The number of rotatable bonds is 1. The molecule has 0 saturated carbocycles. The number of pyridine rings is 1. The van der Waals surface area contributed by atoms with E-state index in [2.05, 4.69) is 11.2 Å². The Labute approximate surface area is 52.0 Å². The number of hydrogen-bond donors (Lipinski definition) is 1. The first-order chi connectivity index (χ1) is 4.30. The molecule has 0 amide bonds. The average Bonchev–Trinajstić information content (AvgIpc) is 1.90. The summed E-state index contributed by atoms with van der Waals surface area (Å²) in [7, 11) is 0. The molecule has 1 radical (unpaired) electrons. The molecule has 0 atom stereocenters. The predicted octanol–water partition coefficient (Wildman–Crippen LogP) is 0.580. The largest absolute Gasteiger partial charge is 0.478 e. The van der Waals surface area contributed by atoms with Crippen molar-refractivity contribution in [2.75, 3.05) is 0 Å². The number of nitrogens with zero attached hydrogens (tertiary/aromatic N) is 1. The summed E-state index contributed by atoms with van der Waals surface area (Å²) in [5, 5.41) is 8.31. The van der Waals surface area contributed by atoms with Crippen molar-refractivity contribution < 1.29 is 9.90 Å². The van der Waals surface area contributed by atoms with Crippen LogP contribution in [-0.2, 0) is 0 Å². The van der Waals surface area contributed by atoms with Crippen LogP contribution in [0.3, 0.4) is 0 Å². The maximum Gasteiger partial charge on any atom is 0.337 e. The van der Waals surface area contributed by atoms with E-state index in [-0.39, 0.29) is 5.56 Å². The van der Waals surface area contributed by atoms with Crippen LogP contribution in [0.2, 0.25) is 0 Å². The van der Waals surface area contributed by atoms with Gasteiger partial charge < -0.3 is 5.11 Å². The molecule has 0 unspecified atom stereocenters. The molecule has 1 aromatic heterocycles. The second-order valence-corrected chi connectivity index (χ2v) is 1.47. The van der Waals surface area contributed by atoms with Gasteiger partial charge in [-0.1, -0.05) is 0 Å². The van der Waals surface area contributed by atoms with Crippen LogP contribution < -0.4 is 0 Å². The Morgan fingerprint density at radius 2 is 2.56 bits per heavy atom. The SMILES string of the molecule is O=C(O)c1[c]nccc1. The fourth-order valence-corrected chi connectivity index (χ4v) is 0.445. The van der Waals surface area contributed by atoms with E-state index in [1.165, 1.54) is 12.3 Å². The number of aromatic carboxylic acids is 1.